The molecule has 1 unspecified atom stereocenters. The van der Waals surface area contributed by atoms with Gasteiger partial charge in [0.05, 0.1) is 19.8 Å². The van der Waals surface area contributed by atoms with E-state index in [-0.39, 0.29) is 6.04 Å². The summed E-state index contributed by atoms with van der Waals surface area (Å²) in [7, 11) is 3.76. The Bertz CT molecular complexity index is 426. The van der Waals surface area contributed by atoms with Crippen LogP contribution in [-0.2, 0) is 4.74 Å². The maximum Gasteiger partial charge on any atom is 0.161 e. The summed E-state index contributed by atoms with van der Waals surface area (Å²) in [6.07, 6.45) is 0.915. The number of rotatable bonds is 6. The molecular formula is C15H24N2O3. The third-order valence-electron chi connectivity index (χ3n) is 3.56. The molecule has 5 nitrogen and oxygen atoms in total. The zero-order valence-corrected chi connectivity index (χ0v) is 12.3. The number of hydrogen-bond acceptors (Lipinski definition) is 5. The van der Waals surface area contributed by atoms with Crippen molar-refractivity contribution in [1.29, 1.82) is 0 Å². The number of fused-ring (bicyclic) bond motifs is 1. The van der Waals surface area contributed by atoms with Gasteiger partial charge in [0.1, 0.15) is 0 Å². The number of ether oxygens (including phenoxy) is 3. The van der Waals surface area contributed by atoms with Gasteiger partial charge in [-0.2, -0.15) is 0 Å². The van der Waals surface area contributed by atoms with Crippen LogP contribution in [0.5, 0.6) is 11.5 Å². The summed E-state index contributed by atoms with van der Waals surface area (Å²) in [5.74, 6) is 1.64. The van der Waals surface area contributed by atoms with Gasteiger partial charge >= 0.3 is 0 Å². The highest BCUT2D eigenvalue weighted by Crippen LogP contribution is 2.33. The van der Waals surface area contributed by atoms with Gasteiger partial charge in [-0.05, 0) is 24.7 Å². The molecule has 0 saturated carbocycles. The molecule has 20 heavy (non-hydrogen) atoms. The molecule has 0 aromatic heterocycles. The minimum Gasteiger partial charge on any atom is -0.490 e. The Morgan fingerprint density at radius 3 is 2.75 bits per heavy atom. The highest BCUT2D eigenvalue weighted by molar-refractivity contribution is 5.44. The van der Waals surface area contributed by atoms with E-state index in [0.717, 1.165) is 30.0 Å². The first-order valence-electron chi connectivity index (χ1n) is 7.05. The predicted octanol–water partition coefficient (Wildman–Crippen LogP) is 1.43. The smallest absolute Gasteiger partial charge is 0.161 e. The molecule has 5 heteroatoms. The van der Waals surface area contributed by atoms with Gasteiger partial charge in [0.25, 0.3) is 0 Å². The number of likely N-dealkylation sites (N-methyl/N-ethyl adjacent to an activating group) is 1. The lowest BCUT2D eigenvalue weighted by Crippen LogP contribution is -2.32. The van der Waals surface area contributed by atoms with Gasteiger partial charge in [0.2, 0.25) is 0 Å². The number of hydrogen-bond donors (Lipinski definition) is 1. The quantitative estimate of drug-likeness (QED) is 0.854. The van der Waals surface area contributed by atoms with E-state index in [2.05, 4.69) is 18.0 Å². The summed E-state index contributed by atoms with van der Waals surface area (Å²) < 4.78 is 16.5. The average Bonchev–Trinajstić information content (AvgIpc) is 2.70. The number of nitrogens with two attached hydrogens (primary N) is 1. The van der Waals surface area contributed by atoms with Gasteiger partial charge in [0.15, 0.2) is 11.5 Å². The lowest BCUT2D eigenvalue weighted by atomic mass is 10.0. The fraction of sp³-hybridized carbons (Fsp3) is 0.600. The monoisotopic (exact) mass is 280 g/mol. The van der Waals surface area contributed by atoms with Gasteiger partial charge in [-0.25, -0.2) is 0 Å². The van der Waals surface area contributed by atoms with Crippen LogP contribution in [0.4, 0.5) is 0 Å². The molecule has 0 radical (unpaired) electrons. The van der Waals surface area contributed by atoms with Crippen LogP contribution in [0.3, 0.4) is 0 Å². The minimum absolute atomic E-state index is 0.155. The Balaban J connectivity index is 2.15. The van der Waals surface area contributed by atoms with Crippen molar-refractivity contribution in [2.45, 2.75) is 12.5 Å². The predicted molar refractivity (Wildman–Crippen MR) is 78.4 cm³/mol. The fourth-order valence-corrected chi connectivity index (χ4v) is 2.35. The lowest BCUT2D eigenvalue weighted by molar-refractivity contribution is 0.140. The van der Waals surface area contributed by atoms with E-state index in [1.54, 1.807) is 7.11 Å². The van der Waals surface area contributed by atoms with Crippen molar-refractivity contribution in [3.63, 3.8) is 0 Å². The maximum absolute atomic E-state index is 5.93. The van der Waals surface area contributed by atoms with Gasteiger partial charge < -0.3 is 19.9 Å². The Hall–Kier alpha value is -1.30. The van der Waals surface area contributed by atoms with E-state index in [1.807, 2.05) is 12.1 Å². The SMILES string of the molecule is COCCN(C)C(CN)c1ccc2c(c1)OCCCO2. The first kappa shape index (κ1) is 15.1. The third kappa shape index (κ3) is 3.62. The summed E-state index contributed by atoms with van der Waals surface area (Å²) in [5.41, 5.74) is 7.08. The highest BCUT2D eigenvalue weighted by Gasteiger charge is 2.18. The molecule has 1 aliphatic heterocycles. The zero-order valence-electron chi connectivity index (χ0n) is 12.3. The van der Waals surface area contributed by atoms with Crippen LogP contribution < -0.4 is 15.2 Å². The van der Waals surface area contributed by atoms with Crippen molar-refractivity contribution in [3.05, 3.63) is 23.8 Å². The summed E-state index contributed by atoms with van der Waals surface area (Å²) in [5, 5.41) is 0. The van der Waals surface area contributed by atoms with Crippen molar-refractivity contribution in [3.8, 4) is 11.5 Å². The van der Waals surface area contributed by atoms with Crippen molar-refractivity contribution < 1.29 is 14.2 Å². The summed E-state index contributed by atoms with van der Waals surface area (Å²) in [6.45, 7) is 3.49. The van der Waals surface area contributed by atoms with Gasteiger partial charge in [-0.15, -0.1) is 0 Å². The number of benzene rings is 1. The van der Waals surface area contributed by atoms with Gasteiger partial charge in [-0.3, -0.25) is 4.90 Å². The molecule has 0 saturated heterocycles. The molecule has 2 N–H and O–H groups in total. The van der Waals surface area contributed by atoms with Crippen LogP contribution in [0.15, 0.2) is 18.2 Å². The largest absolute Gasteiger partial charge is 0.490 e. The molecule has 1 heterocycles. The molecule has 0 amide bonds. The molecule has 0 aliphatic carbocycles. The first-order chi connectivity index (χ1) is 9.76. The Labute approximate surface area is 120 Å². The first-order valence-corrected chi connectivity index (χ1v) is 7.05. The Kier molecular flexibility index (Phi) is 5.64. The van der Waals surface area contributed by atoms with Crippen LogP contribution in [0.1, 0.15) is 18.0 Å². The number of nitrogens with zero attached hydrogens (tertiary/aromatic N) is 1. The maximum atomic E-state index is 5.93. The van der Waals surface area contributed by atoms with Crippen molar-refractivity contribution in [2.75, 3.05) is 47.1 Å². The van der Waals surface area contributed by atoms with E-state index < -0.39 is 0 Å². The summed E-state index contributed by atoms with van der Waals surface area (Å²) in [6, 6.07) is 6.24. The van der Waals surface area contributed by atoms with Gasteiger partial charge in [-0.1, -0.05) is 6.07 Å². The second-order valence-corrected chi connectivity index (χ2v) is 4.98. The molecule has 1 aromatic rings. The van der Waals surface area contributed by atoms with Crippen molar-refractivity contribution in [1.82, 2.24) is 4.90 Å². The Morgan fingerprint density at radius 1 is 1.30 bits per heavy atom. The Morgan fingerprint density at radius 2 is 2.05 bits per heavy atom. The molecule has 0 spiro atoms. The van der Waals surface area contributed by atoms with E-state index in [4.69, 9.17) is 19.9 Å². The van der Waals surface area contributed by atoms with Crippen molar-refractivity contribution in [2.24, 2.45) is 5.73 Å². The topological polar surface area (TPSA) is 57.0 Å². The standard InChI is InChI=1S/C15H24N2O3/c1-17(6-9-18-2)13(11-16)12-4-5-14-15(10-12)20-8-3-7-19-14/h4-5,10,13H,3,6-9,11,16H2,1-2H3. The summed E-state index contributed by atoms with van der Waals surface area (Å²) >= 11 is 0. The fourth-order valence-electron chi connectivity index (χ4n) is 2.35. The lowest BCUT2D eigenvalue weighted by Gasteiger charge is -2.27. The molecule has 2 rings (SSSR count). The number of methoxy groups -OCH3 is 1. The normalized spacial score (nSPS) is 16.0. The molecule has 1 atom stereocenters. The van der Waals surface area contributed by atoms with E-state index in [1.165, 1.54) is 0 Å². The molecule has 0 fully saturated rings. The second kappa shape index (κ2) is 7.47. The minimum atomic E-state index is 0.155. The van der Waals surface area contributed by atoms with Crippen LogP contribution in [0.25, 0.3) is 0 Å². The van der Waals surface area contributed by atoms with E-state index in [0.29, 0.717) is 26.4 Å². The average molecular weight is 280 g/mol. The second-order valence-electron chi connectivity index (χ2n) is 4.98. The van der Waals surface area contributed by atoms with Gasteiger partial charge in [0, 0.05) is 32.7 Å². The van der Waals surface area contributed by atoms with Crippen LogP contribution in [0, 0.1) is 0 Å². The molecular weight excluding hydrogens is 256 g/mol. The van der Waals surface area contributed by atoms with Crippen LogP contribution in [-0.4, -0.2) is 52.0 Å². The zero-order chi connectivity index (χ0) is 14.4. The molecule has 112 valence electrons. The summed E-state index contributed by atoms with van der Waals surface area (Å²) in [4.78, 5) is 2.20. The molecule has 1 aliphatic rings. The highest BCUT2D eigenvalue weighted by atomic mass is 16.5. The van der Waals surface area contributed by atoms with Crippen molar-refractivity contribution >= 4 is 0 Å². The van der Waals surface area contributed by atoms with E-state index in [9.17, 15) is 0 Å². The van der Waals surface area contributed by atoms with Crippen LogP contribution >= 0.6 is 0 Å². The van der Waals surface area contributed by atoms with Crippen LogP contribution in [0.2, 0.25) is 0 Å². The molecule has 0 bridgehead atoms. The third-order valence-corrected chi connectivity index (χ3v) is 3.56. The van der Waals surface area contributed by atoms with E-state index >= 15 is 0 Å². The molecule has 1 aromatic carbocycles.